The van der Waals surface area contributed by atoms with Gasteiger partial charge in [0.2, 0.25) is 11.8 Å². The fourth-order valence-electron chi connectivity index (χ4n) is 2.60. The molecule has 1 unspecified atom stereocenters. The van der Waals surface area contributed by atoms with Crippen LogP contribution in [0.5, 0.6) is 0 Å². The molecule has 1 aliphatic heterocycles. The fraction of sp³-hybridized carbons (Fsp3) is 0.500. The molecule has 0 aliphatic carbocycles. The van der Waals surface area contributed by atoms with Crippen molar-refractivity contribution in [2.45, 2.75) is 18.9 Å². The highest BCUT2D eigenvalue weighted by Crippen LogP contribution is 2.24. The predicted molar refractivity (Wildman–Crippen MR) is 86.2 cm³/mol. The van der Waals surface area contributed by atoms with Gasteiger partial charge in [-0.25, -0.2) is 0 Å². The summed E-state index contributed by atoms with van der Waals surface area (Å²) in [7, 11) is 0. The van der Waals surface area contributed by atoms with Crippen molar-refractivity contribution in [1.29, 1.82) is 0 Å². The smallest absolute Gasteiger partial charge is 0.242 e. The number of aliphatic hydroxyl groups is 1. The van der Waals surface area contributed by atoms with Crippen LogP contribution in [-0.2, 0) is 20.7 Å². The standard InChI is InChI=1S/C16H21ClN2O4/c1-12(21)18-9-15(22)19-6-7-23-16(10-19,11-20)8-13-2-4-14(17)5-3-13/h2-5,20H,6-11H2,1H3,(H,18,21). The number of halogens is 1. The summed E-state index contributed by atoms with van der Waals surface area (Å²) in [6, 6.07) is 7.32. The van der Waals surface area contributed by atoms with Gasteiger partial charge in [0.25, 0.3) is 0 Å². The molecule has 7 heteroatoms. The lowest BCUT2D eigenvalue weighted by Gasteiger charge is -2.42. The molecule has 1 aliphatic rings. The number of hydrogen-bond acceptors (Lipinski definition) is 4. The zero-order chi connectivity index (χ0) is 16.9. The molecule has 6 nitrogen and oxygen atoms in total. The number of ether oxygens (including phenoxy) is 1. The Morgan fingerprint density at radius 2 is 2.09 bits per heavy atom. The molecule has 0 spiro atoms. The number of carbonyl (C=O) groups is 2. The zero-order valence-electron chi connectivity index (χ0n) is 13.0. The van der Waals surface area contributed by atoms with Crippen LogP contribution in [-0.4, -0.2) is 60.3 Å². The van der Waals surface area contributed by atoms with Gasteiger partial charge in [-0.3, -0.25) is 9.59 Å². The maximum atomic E-state index is 12.2. The number of carbonyl (C=O) groups excluding carboxylic acids is 2. The van der Waals surface area contributed by atoms with Crippen molar-refractivity contribution >= 4 is 23.4 Å². The van der Waals surface area contributed by atoms with Gasteiger partial charge in [0.05, 0.1) is 26.3 Å². The molecule has 23 heavy (non-hydrogen) atoms. The number of nitrogens with zero attached hydrogens (tertiary/aromatic N) is 1. The number of hydrogen-bond donors (Lipinski definition) is 2. The molecule has 1 aromatic rings. The topological polar surface area (TPSA) is 78.9 Å². The van der Waals surface area contributed by atoms with E-state index in [1.807, 2.05) is 12.1 Å². The normalized spacial score (nSPS) is 21.1. The molecular weight excluding hydrogens is 320 g/mol. The SMILES string of the molecule is CC(=O)NCC(=O)N1CCOC(CO)(Cc2ccc(Cl)cc2)C1. The lowest BCUT2D eigenvalue weighted by molar-refractivity contribution is -0.157. The number of morpholine rings is 1. The fourth-order valence-corrected chi connectivity index (χ4v) is 2.73. The molecule has 0 bridgehead atoms. The summed E-state index contributed by atoms with van der Waals surface area (Å²) in [4.78, 5) is 24.7. The third-order valence-corrected chi connectivity index (χ3v) is 4.07. The van der Waals surface area contributed by atoms with Gasteiger partial charge in [-0.2, -0.15) is 0 Å². The van der Waals surface area contributed by atoms with E-state index < -0.39 is 5.60 Å². The first-order valence-corrected chi connectivity index (χ1v) is 7.83. The second-order valence-corrected chi connectivity index (χ2v) is 6.15. The first-order chi connectivity index (χ1) is 10.9. The number of rotatable bonds is 5. The second-order valence-electron chi connectivity index (χ2n) is 5.72. The molecule has 2 rings (SSSR count). The minimum atomic E-state index is -0.835. The van der Waals surface area contributed by atoms with Crippen LogP contribution >= 0.6 is 11.6 Å². The average molecular weight is 341 g/mol. The monoisotopic (exact) mass is 340 g/mol. The number of amides is 2. The van der Waals surface area contributed by atoms with E-state index in [-0.39, 0.29) is 31.5 Å². The van der Waals surface area contributed by atoms with Gasteiger partial charge in [0.1, 0.15) is 5.60 Å². The minimum Gasteiger partial charge on any atom is -0.393 e. The second kappa shape index (κ2) is 7.77. The molecule has 1 atom stereocenters. The Morgan fingerprint density at radius 3 is 2.70 bits per heavy atom. The molecule has 0 radical (unpaired) electrons. The van der Waals surface area contributed by atoms with E-state index >= 15 is 0 Å². The Hall–Kier alpha value is -1.63. The highest BCUT2D eigenvalue weighted by atomic mass is 35.5. The Bertz CT molecular complexity index is 564. The molecule has 1 aromatic carbocycles. The van der Waals surface area contributed by atoms with Crippen molar-refractivity contribution in [3.63, 3.8) is 0 Å². The summed E-state index contributed by atoms with van der Waals surface area (Å²) in [6.07, 6.45) is 0.477. The minimum absolute atomic E-state index is 0.0439. The van der Waals surface area contributed by atoms with Crippen LogP contribution < -0.4 is 5.32 Å². The molecule has 1 fully saturated rings. The van der Waals surface area contributed by atoms with Crippen LogP contribution in [0.1, 0.15) is 12.5 Å². The van der Waals surface area contributed by atoms with E-state index in [1.165, 1.54) is 6.92 Å². The van der Waals surface area contributed by atoms with E-state index in [9.17, 15) is 14.7 Å². The van der Waals surface area contributed by atoms with Gasteiger partial charge in [-0.15, -0.1) is 0 Å². The average Bonchev–Trinajstić information content (AvgIpc) is 2.55. The van der Waals surface area contributed by atoms with Crippen LogP contribution in [0.3, 0.4) is 0 Å². The molecule has 0 saturated carbocycles. The Labute approximate surface area is 140 Å². The van der Waals surface area contributed by atoms with Crippen molar-refractivity contribution in [2.24, 2.45) is 0 Å². The van der Waals surface area contributed by atoms with Crippen LogP contribution in [0, 0.1) is 0 Å². The Morgan fingerprint density at radius 1 is 1.39 bits per heavy atom. The van der Waals surface area contributed by atoms with Crippen molar-refractivity contribution in [3.8, 4) is 0 Å². The van der Waals surface area contributed by atoms with Crippen molar-refractivity contribution in [2.75, 3.05) is 32.8 Å². The van der Waals surface area contributed by atoms with Gasteiger partial charge < -0.3 is 20.1 Å². The Balaban J connectivity index is 2.04. The van der Waals surface area contributed by atoms with Gasteiger partial charge in [-0.1, -0.05) is 23.7 Å². The van der Waals surface area contributed by atoms with Gasteiger partial charge >= 0.3 is 0 Å². The molecular formula is C16H21ClN2O4. The first-order valence-electron chi connectivity index (χ1n) is 7.46. The predicted octanol–water partition coefficient (Wildman–Crippen LogP) is 0.609. The van der Waals surface area contributed by atoms with Gasteiger partial charge in [0.15, 0.2) is 0 Å². The quantitative estimate of drug-likeness (QED) is 0.823. The maximum Gasteiger partial charge on any atom is 0.242 e. The summed E-state index contributed by atoms with van der Waals surface area (Å²) in [6.45, 7) is 2.20. The van der Waals surface area contributed by atoms with Crippen LogP contribution in [0.25, 0.3) is 0 Å². The molecule has 126 valence electrons. The third-order valence-electron chi connectivity index (χ3n) is 3.82. The van der Waals surface area contributed by atoms with Crippen LogP contribution in [0.4, 0.5) is 0 Å². The molecule has 0 aromatic heterocycles. The zero-order valence-corrected chi connectivity index (χ0v) is 13.8. The number of benzene rings is 1. The van der Waals surface area contributed by atoms with Gasteiger partial charge in [-0.05, 0) is 17.7 Å². The number of nitrogens with one attached hydrogen (secondary N) is 1. The van der Waals surface area contributed by atoms with Crippen molar-refractivity contribution in [3.05, 3.63) is 34.9 Å². The van der Waals surface area contributed by atoms with E-state index in [0.717, 1.165) is 5.56 Å². The lowest BCUT2D eigenvalue weighted by Crippen LogP contribution is -2.58. The summed E-state index contributed by atoms with van der Waals surface area (Å²) in [5.74, 6) is -0.432. The van der Waals surface area contributed by atoms with E-state index in [4.69, 9.17) is 16.3 Å². The summed E-state index contributed by atoms with van der Waals surface area (Å²) in [5.41, 5.74) is 0.137. The lowest BCUT2D eigenvalue weighted by atomic mass is 9.93. The first kappa shape index (κ1) is 17.7. The molecule has 1 heterocycles. The van der Waals surface area contributed by atoms with E-state index in [2.05, 4.69) is 5.32 Å². The highest BCUT2D eigenvalue weighted by molar-refractivity contribution is 6.30. The van der Waals surface area contributed by atoms with Crippen LogP contribution in [0.15, 0.2) is 24.3 Å². The van der Waals surface area contributed by atoms with Gasteiger partial charge in [0, 0.05) is 24.9 Å². The summed E-state index contributed by atoms with van der Waals surface area (Å²) in [5, 5.41) is 13.0. The van der Waals surface area contributed by atoms with E-state index in [1.54, 1.807) is 17.0 Å². The molecule has 2 N–H and O–H groups in total. The van der Waals surface area contributed by atoms with E-state index in [0.29, 0.717) is 24.6 Å². The highest BCUT2D eigenvalue weighted by Gasteiger charge is 2.38. The Kier molecular flexibility index (Phi) is 5.98. The third kappa shape index (κ3) is 4.92. The van der Waals surface area contributed by atoms with Crippen molar-refractivity contribution in [1.82, 2.24) is 10.2 Å². The van der Waals surface area contributed by atoms with Crippen LogP contribution in [0.2, 0.25) is 5.02 Å². The molecule has 2 amide bonds. The summed E-state index contributed by atoms with van der Waals surface area (Å²) >= 11 is 5.88. The van der Waals surface area contributed by atoms with Crippen molar-refractivity contribution < 1.29 is 19.4 Å². The summed E-state index contributed by atoms with van der Waals surface area (Å²) < 4.78 is 5.79. The maximum absolute atomic E-state index is 12.2. The largest absolute Gasteiger partial charge is 0.393 e. The number of aliphatic hydroxyl groups excluding tert-OH is 1. The molecule has 1 saturated heterocycles.